The molecule has 1 saturated carbocycles. The first-order valence-electron chi connectivity index (χ1n) is 15.3. The summed E-state index contributed by atoms with van der Waals surface area (Å²) in [5.41, 5.74) is 1.01. The molecule has 4 unspecified atom stereocenters. The van der Waals surface area contributed by atoms with Gasteiger partial charge in [0.15, 0.2) is 0 Å². The molecule has 39 heavy (non-hydrogen) atoms. The zero-order valence-corrected chi connectivity index (χ0v) is 24.3. The molecule has 5 atom stereocenters. The van der Waals surface area contributed by atoms with Gasteiger partial charge >= 0.3 is 11.9 Å². The van der Waals surface area contributed by atoms with E-state index in [1.807, 2.05) is 30.3 Å². The molecule has 1 saturated heterocycles. The number of carboxylic acid groups (broad SMARTS) is 1. The van der Waals surface area contributed by atoms with E-state index in [-0.39, 0.29) is 29.9 Å². The number of fused-ring (bicyclic) bond motifs is 1. The van der Waals surface area contributed by atoms with Gasteiger partial charge in [-0.3, -0.25) is 14.9 Å². The van der Waals surface area contributed by atoms with Crippen molar-refractivity contribution in [3.8, 4) is 0 Å². The molecular weight excluding hydrogens is 492 g/mol. The van der Waals surface area contributed by atoms with Crippen molar-refractivity contribution in [2.45, 2.75) is 135 Å². The third-order valence-corrected chi connectivity index (χ3v) is 8.91. The van der Waals surface area contributed by atoms with Gasteiger partial charge in [0.2, 0.25) is 5.91 Å². The second-order valence-corrected chi connectivity index (χ2v) is 11.7. The lowest BCUT2D eigenvalue weighted by atomic mass is 9.76. The Hall–Kier alpha value is -2.41. The van der Waals surface area contributed by atoms with Crippen LogP contribution in [0.25, 0.3) is 0 Å². The molecule has 0 spiro atoms. The van der Waals surface area contributed by atoms with E-state index < -0.39 is 24.1 Å². The van der Waals surface area contributed by atoms with Gasteiger partial charge in [0.1, 0.15) is 12.1 Å². The van der Waals surface area contributed by atoms with Crippen LogP contribution in [0.15, 0.2) is 30.3 Å². The predicted molar refractivity (Wildman–Crippen MR) is 153 cm³/mol. The molecule has 0 radical (unpaired) electrons. The number of likely N-dealkylation sites (tertiary alicyclic amines) is 1. The number of hydrogen-bond donors (Lipinski definition) is 2. The summed E-state index contributed by atoms with van der Waals surface area (Å²) < 4.78 is 5.31. The fraction of sp³-hybridized carbons (Fsp3) is 0.719. The van der Waals surface area contributed by atoms with E-state index in [0.29, 0.717) is 19.3 Å². The van der Waals surface area contributed by atoms with E-state index in [9.17, 15) is 19.5 Å². The Bertz CT molecular complexity index is 922. The van der Waals surface area contributed by atoms with Crippen LogP contribution in [0.3, 0.4) is 0 Å². The number of carbonyl (C=O) groups is 3. The van der Waals surface area contributed by atoms with Crippen molar-refractivity contribution in [1.82, 2.24) is 10.2 Å². The topological polar surface area (TPSA) is 95.9 Å². The molecule has 2 aliphatic rings. The average molecular weight is 543 g/mol. The Morgan fingerprint density at radius 2 is 1.77 bits per heavy atom. The molecular formula is C32H50N2O5. The van der Waals surface area contributed by atoms with Crippen molar-refractivity contribution in [3.05, 3.63) is 35.9 Å². The van der Waals surface area contributed by atoms with Gasteiger partial charge in [0, 0.05) is 6.04 Å². The van der Waals surface area contributed by atoms with Crippen LogP contribution in [0.1, 0.15) is 110 Å². The lowest BCUT2D eigenvalue weighted by Gasteiger charge is -2.35. The van der Waals surface area contributed by atoms with Crippen LogP contribution in [-0.2, 0) is 25.5 Å². The number of carboxylic acids is 1. The predicted octanol–water partition coefficient (Wildman–Crippen LogP) is 5.89. The smallest absolute Gasteiger partial charge is 0.326 e. The van der Waals surface area contributed by atoms with Crippen LogP contribution in [0.2, 0.25) is 0 Å². The summed E-state index contributed by atoms with van der Waals surface area (Å²) >= 11 is 0. The quantitative estimate of drug-likeness (QED) is 0.188. The van der Waals surface area contributed by atoms with Gasteiger partial charge in [-0.15, -0.1) is 0 Å². The van der Waals surface area contributed by atoms with Gasteiger partial charge < -0.3 is 14.7 Å². The number of aryl methyl sites for hydroxylation is 1. The fourth-order valence-corrected chi connectivity index (χ4v) is 6.90. The van der Waals surface area contributed by atoms with Crippen LogP contribution < -0.4 is 5.32 Å². The maximum atomic E-state index is 13.9. The number of nitrogens with zero attached hydrogens (tertiary/aromatic N) is 1. The molecule has 1 aromatic carbocycles. The van der Waals surface area contributed by atoms with Gasteiger partial charge in [0.25, 0.3) is 0 Å². The van der Waals surface area contributed by atoms with Crippen LogP contribution in [0, 0.1) is 5.41 Å². The third kappa shape index (κ3) is 8.29. The lowest BCUT2D eigenvalue weighted by Crippen LogP contribution is -2.55. The molecule has 218 valence electrons. The number of esters is 1. The molecule has 1 aliphatic heterocycles. The standard InChI is InChI=1S/C32H50N2O5/c1-4-6-7-8-9-10-14-21-32-22-15-18-28(32)34(27(23-32)30(36)37)29(35)24(3)33-26(31(38)39-5-2)20-19-25-16-12-11-13-17-25/h11-13,16-17,24,26-28,33H,4-10,14-15,18-23H2,1-3H3,(H,36,37)/t24-,26?,27?,28?,32?/m0/s1. The highest BCUT2D eigenvalue weighted by Crippen LogP contribution is 2.54. The SMILES string of the molecule is CCCCCCCCCC12CCCC1N(C(=O)[C@H](C)NC(CCc1ccccc1)C(=O)OCC)C(C(=O)O)C2. The van der Waals surface area contributed by atoms with Crippen molar-refractivity contribution < 1.29 is 24.2 Å². The Balaban J connectivity index is 1.66. The van der Waals surface area contributed by atoms with E-state index in [4.69, 9.17) is 4.74 Å². The summed E-state index contributed by atoms with van der Waals surface area (Å²) in [6.07, 6.45) is 14.1. The number of ether oxygens (including phenoxy) is 1. The Morgan fingerprint density at radius 1 is 1.08 bits per heavy atom. The van der Waals surface area contributed by atoms with Crippen molar-refractivity contribution >= 4 is 17.8 Å². The molecule has 2 N–H and O–H groups in total. The molecule has 2 fully saturated rings. The van der Waals surface area contributed by atoms with Crippen LogP contribution >= 0.6 is 0 Å². The zero-order chi connectivity index (χ0) is 28.3. The number of rotatable bonds is 17. The minimum Gasteiger partial charge on any atom is -0.480 e. The van der Waals surface area contributed by atoms with Crippen molar-refractivity contribution in [1.29, 1.82) is 0 Å². The number of benzene rings is 1. The monoisotopic (exact) mass is 542 g/mol. The van der Waals surface area contributed by atoms with Crippen molar-refractivity contribution in [2.24, 2.45) is 5.41 Å². The minimum atomic E-state index is -0.921. The van der Waals surface area contributed by atoms with E-state index in [1.165, 1.54) is 38.5 Å². The molecule has 3 rings (SSSR count). The summed E-state index contributed by atoms with van der Waals surface area (Å²) in [7, 11) is 0. The molecule has 7 heteroatoms. The second kappa shape index (κ2) is 15.4. The van der Waals surface area contributed by atoms with Crippen LogP contribution in [0.5, 0.6) is 0 Å². The highest BCUT2D eigenvalue weighted by atomic mass is 16.5. The van der Waals surface area contributed by atoms with Gasteiger partial charge in [-0.25, -0.2) is 4.79 Å². The van der Waals surface area contributed by atoms with Crippen LogP contribution in [-0.4, -0.2) is 58.6 Å². The highest BCUT2D eigenvalue weighted by molar-refractivity contribution is 5.88. The van der Waals surface area contributed by atoms with E-state index >= 15 is 0 Å². The number of carbonyl (C=O) groups excluding carboxylic acids is 2. The maximum Gasteiger partial charge on any atom is 0.326 e. The summed E-state index contributed by atoms with van der Waals surface area (Å²) in [4.78, 5) is 40.7. The molecule has 7 nitrogen and oxygen atoms in total. The normalized spacial score (nSPS) is 23.8. The molecule has 0 aromatic heterocycles. The first-order chi connectivity index (χ1) is 18.8. The first-order valence-corrected chi connectivity index (χ1v) is 15.3. The molecule has 1 amide bonds. The second-order valence-electron chi connectivity index (χ2n) is 11.7. The number of hydrogen-bond acceptors (Lipinski definition) is 5. The minimum absolute atomic E-state index is 0.0409. The Morgan fingerprint density at radius 3 is 2.44 bits per heavy atom. The molecule has 1 aromatic rings. The Kier molecular flexibility index (Phi) is 12.3. The summed E-state index contributed by atoms with van der Waals surface area (Å²) in [5, 5.41) is 13.4. The van der Waals surface area contributed by atoms with Gasteiger partial charge in [-0.05, 0) is 63.4 Å². The average Bonchev–Trinajstić information content (AvgIpc) is 3.47. The van der Waals surface area contributed by atoms with Gasteiger partial charge in [-0.2, -0.15) is 0 Å². The first kappa shape index (κ1) is 31.1. The zero-order valence-electron chi connectivity index (χ0n) is 24.3. The van der Waals surface area contributed by atoms with Crippen molar-refractivity contribution in [2.75, 3.05) is 6.61 Å². The number of nitrogens with one attached hydrogen (secondary N) is 1. The van der Waals surface area contributed by atoms with Gasteiger partial charge in [0.05, 0.1) is 12.6 Å². The summed E-state index contributed by atoms with van der Waals surface area (Å²) in [6.45, 7) is 6.01. The summed E-state index contributed by atoms with van der Waals surface area (Å²) in [5.74, 6) is -1.52. The molecule has 0 bridgehead atoms. The fourth-order valence-electron chi connectivity index (χ4n) is 6.90. The largest absolute Gasteiger partial charge is 0.480 e. The number of amides is 1. The number of unbranched alkanes of at least 4 members (excludes halogenated alkanes) is 6. The number of aliphatic carboxylic acids is 1. The van der Waals surface area contributed by atoms with E-state index in [1.54, 1.807) is 18.7 Å². The molecule has 1 aliphatic carbocycles. The molecule has 1 heterocycles. The third-order valence-electron chi connectivity index (χ3n) is 8.91. The lowest BCUT2D eigenvalue weighted by molar-refractivity contribution is -0.151. The highest BCUT2D eigenvalue weighted by Gasteiger charge is 2.57. The van der Waals surface area contributed by atoms with E-state index in [0.717, 1.165) is 37.7 Å². The Labute approximate surface area is 235 Å². The van der Waals surface area contributed by atoms with Gasteiger partial charge in [-0.1, -0.05) is 88.6 Å². The maximum absolute atomic E-state index is 13.9. The van der Waals surface area contributed by atoms with Crippen molar-refractivity contribution in [3.63, 3.8) is 0 Å². The van der Waals surface area contributed by atoms with Crippen LogP contribution in [0.4, 0.5) is 0 Å². The van der Waals surface area contributed by atoms with E-state index in [2.05, 4.69) is 12.2 Å². The summed E-state index contributed by atoms with van der Waals surface area (Å²) in [6, 6.07) is 7.75.